The van der Waals surface area contributed by atoms with Crippen LogP contribution in [0, 0.1) is 0 Å². The van der Waals surface area contributed by atoms with Gasteiger partial charge in [0.05, 0.1) is 0 Å². The van der Waals surface area contributed by atoms with E-state index in [2.05, 4.69) is 118 Å². The van der Waals surface area contributed by atoms with E-state index in [1.54, 1.807) is 0 Å². The third kappa shape index (κ3) is 57.1. The predicted octanol–water partition coefficient (Wildman–Crippen LogP) is 20.1. The van der Waals surface area contributed by atoms with Gasteiger partial charge >= 0.3 is 17.9 Å². The molecule has 0 saturated carbocycles. The first-order valence-electron chi connectivity index (χ1n) is 29.7. The molecule has 0 amide bonds. The average molecular weight is 988 g/mol. The number of carbonyl (C=O) groups is 3. The highest BCUT2D eigenvalue weighted by molar-refractivity contribution is 5.71. The van der Waals surface area contributed by atoms with Crippen molar-refractivity contribution >= 4 is 17.9 Å². The molecule has 0 bridgehead atoms. The summed E-state index contributed by atoms with van der Waals surface area (Å²) >= 11 is 0. The lowest BCUT2D eigenvalue weighted by Crippen LogP contribution is -2.30. The van der Waals surface area contributed by atoms with Crippen molar-refractivity contribution in [3.63, 3.8) is 0 Å². The van der Waals surface area contributed by atoms with Gasteiger partial charge in [-0.05, 0) is 89.9 Å². The minimum Gasteiger partial charge on any atom is -0.462 e. The molecular formula is C65H110O6. The molecule has 0 aromatic carbocycles. The van der Waals surface area contributed by atoms with E-state index in [-0.39, 0.29) is 37.5 Å². The lowest BCUT2D eigenvalue weighted by atomic mass is 10.0. The smallest absolute Gasteiger partial charge is 0.306 e. The fraction of sp³-hybridized carbons (Fsp3) is 0.708. The van der Waals surface area contributed by atoms with E-state index in [0.717, 1.165) is 116 Å². The van der Waals surface area contributed by atoms with Crippen molar-refractivity contribution in [3.8, 4) is 0 Å². The molecule has 0 heterocycles. The largest absolute Gasteiger partial charge is 0.462 e. The maximum absolute atomic E-state index is 12.8. The van der Waals surface area contributed by atoms with Gasteiger partial charge in [-0.25, -0.2) is 0 Å². The van der Waals surface area contributed by atoms with E-state index >= 15 is 0 Å². The molecule has 0 spiro atoms. The highest BCUT2D eigenvalue weighted by Crippen LogP contribution is 2.16. The molecule has 0 aromatic heterocycles. The van der Waals surface area contributed by atoms with Crippen molar-refractivity contribution in [1.29, 1.82) is 0 Å². The maximum atomic E-state index is 12.8. The number of hydrogen-bond donors (Lipinski definition) is 0. The van der Waals surface area contributed by atoms with Gasteiger partial charge in [-0.15, -0.1) is 0 Å². The highest BCUT2D eigenvalue weighted by Gasteiger charge is 2.19. The summed E-state index contributed by atoms with van der Waals surface area (Å²) in [7, 11) is 0. The van der Waals surface area contributed by atoms with Gasteiger partial charge in [0.15, 0.2) is 6.10 Å². The van der Waals surface area contributed by atoms with E-state index < -0.39 is 6.10 Å². The first-order valence-corrected chi connectivity index (χ1v) is 29.7. The Kier molecular flexibility index (Phi) is 55.9. The van der Waals surface area contributed by atoms with Gasteiger partial charge < -0.3 is 14.2 Å². The number of allylic oxidation sites excluding steroid dienone is 16. The summed E-state index contributed by atoms with van der Waals surface area (Å²) in [6.45, 7) is 6.37. The molecule has 406 valence electrons. The molecule has 0 radical (unpaired) electrons. The van der Waals surface area contributed by atoms with Crippen molar-refractivity contribution < 1.29 is 28.6 Å². The zero-order chi connectivity index (χ0) is 51.4. The van der Waals surface area contributed by atoms with Crippen LogP contribution in [0.5, 0.6) is 0 Å². The van der Waals surface area contributed by atoms with Crippen LogP contribution in [0.1, 0.15) is 278 Å². The fourth-order valence-corrected chi connectivity index (χ4v) is 8.20. The number of ether oxygens (including phenoxy) is 3. The van der Waals surface area contributed by atoms with E-state index in [9.17, 15) is 14.4 Å². The third-order valence-corrected chi connectivity index (χ3v) is 12.6. The summed E-state index contributed by atoms with van der Waals surface area (Å²) in [6, 6.07) is 0. The Labute approximate surface area is 438 Å². The Balaban J connectivity index is 4.43. The van der Waals surface area contributed by atoms with Gasteiger partial charge in [0.2, 0.25) is 0 Å². The Morgan fingerprint density at radius 2 is 0.563 bits per heavy atom. The standard InChI is InChI=1S/C65H110O6/c1-4-7-10-13-16-19-22-25-28-30-31-32-33-35-37-40-43-46-49-52-55-58-64(67)70-61-62(60-69-63(66)57-54-51-48-45-42-39-36-27-24-21-18-15-12-9-6-3)71-65(68)59-56-53-50-47-44-41-38-34-29-26-23-20-17-14-11-8-5-2/h8-9,11-12,17-18,20-21,26-27,29,36,38,41,47,50,62H,4-7,10,13-16,19,22-25,28,30-35,37,39-40,42-46,48-49,51-61H2,1-3H3/b11-8-,12-9-,20-17-,21-18-,29-26-,36-27-,41-38-,50-47-/t62-/m1/s1. The molecule has 0 aromatic rings. The van der Waals surface area contributed by atoms with Gasteiger partial charge in [-0.1, -0.05) is 266 Å². The second kappa shape index (κ2) is 58.9. The minimum absolute atomic E-state index is 0.104. The van der Waals surface area contributed by atoms with Crippen molar-refractivity contribution in [2.45, 2.75) is 284 Å². The molecule has 0 unspecified atom stereocenters. The summed E-state index contributed by atoms with van der Waals surface area (Å²) in [5.74, 6) is -0.974. The molecule has 71 heavy (non-hydrogen) atoms. The summed E-state index contributed by atoms with van der Waals surface area (Å²) < 4.78 is 16.8. The van der Waals surface area contributed by atoms with Crippen LogP contribution < -0.4 is 0 Å². The van der Waals surface area contributed by atoms with Crippen molar-refractivity contribution in [2.75, 3.05) is 13.2 Å². The lowest BCUT2D eigenvalue weighted by molar-refractivity contribution is -0.167. The maximum Gasteiger partial charge on any atom is 0.306 e. The predicted molar refractivity (Wildman–Crippen MR) is 307 cm³/mol. The van der Waals surface area contributed by atoms with E-state index in [1.807, 2.05) is 0 Å². The Morgan fingerprint density at radius 1 is 0.296 bits per heavy atom. The van der Waals surface area contributed by atoms with Crippen LogP contribution in [-0.4, -0.2) is 37.2 Å². The topological polar surface area (TPSA) is 78.9 Å². The Morgan fingerprint density at radius 3 is 0.901 bits per heavy atom. The van der Waals surface area contributed by atoms with Crippen LogP contribution in [0.25, 0.3) is 0 Å². The molecule has 0 rings (SSSR count). The summed E-state index contributed by atoms with van der Waals surface area (Å²) in [6.07, 6.45) is 78.4. The number of hydrogen-bond acceptors (Lipinski definition) is 6. The highest BCUT2D eigenvalue weighted by atomic mass is 16.6. The molecule has 0 N–H and O–H groups in total. The monoisotopic (exact) mass is 987 g/mol. The van der Waals surface area contributed by atoms with Crippen LogP contribution in [0.2, 0.25) is 0 Å². The third-order valence-electron chi connectivity index (χ3n) is 12.6. The summed E-state index contributed by atoms with van der Waals surface area (Å²) in [5.41, 5.74) is 0. The number of unbranched alkanes of at least 4 members (excludes halogenated alkanes) is 26. The van der Waals surface area contributed by atoms with Crippen LogP contribution >= 0.6 is 0 Å². The first kappa shape index (κ1) is 67.3. The van der Waals surface area contributed by atoms with Crippen LogP contribution in [0.4, 0.5) is 0 Å². The zero-order valence-electron chi connectivity index (χ0n) is 46.5. The van der Waals surface area contributed by atoms with E-state index in [0.29, 0.717) is 19.3 Å². The van der Waals surface area contributed by atoms with Crippen molar-refractivity contribution in [1.82, 2.24) is 0 Å². The van der Waals surface area contributed by atoms with Gasteiger partial charge in [0.1, 0.15) is 13.2 Å². The fourth-order valence-electron chi connectivity index (χ4n) is 8.20. The Bertz CT molecular complexity index is 1410. The zero-order valence-corrected chi connectivity index (χ0v) is 46.5. The molecule has 0 fully saturated rings. The second-order valence-corrected chi connectivity index (χ2v) is 19.5. The molecule has 0 saturated heterocycles. The number of rotatable bonds is 53. The van der Waals surface area contributed by atoms with Crippen LogP contribution in [0.15, 0.2) is 97.2 Å². The van der Waals surface area contributed by atoms with E-state index in [1.165, 1.54) is 116 Å². The van der Waals surface area contributed by atoms with Gasteiger partial charge in [0, 0.05) is 19.3 Å². The normalized spacial score (nSPS) is 12.8. The second-order valence-electron chi connectivity index (χ2n) is 19.5. The molecular weight excluding hydrogens is 877 g/mol. The van der Waals surface area contributed by atoms with Gasteiger partial charge in [-0.3, -0.25) is 14.4 Å². The summed E-state index contributed by atoms with van der Waals surface area (Å²) in [5, 5.41) is 0. The van der Waals surface area contributed by atoms with Crippen LogP contribution in [-0.2, 0) is 28.6 Å². The van der Waals surface area contributed by atoms with Crippen LogP contribution in [0.3, 0.4) is 0 Å². The molecule has 1 atom stereocenters. The molecule has 6 heteroatoms. The summed E-state index contributed by atoms with van der Waals surface area (Å²) in [4.78, 5) is 38.2. The minimum atomic E-state index is -0.815. The first-order chi connectivity index (χ1) is 35.0. The van der Waals surface area contributed by atoms with Gasteiger partial charge in [0.25, 0.3) is 0 Å². The lowest BCUT2D eigenvalue weighted by Gasteiger charge is -2.18. The molecule has 0 aliphatic rings. The van der Waals surface area contributed by atoms with Crippen molar-refractivity contribution in [3.05, 3.63) is 97.2 Å². The van der Waals surface area contributed by atoms with Crippen molar-refractivity contribution in [2.24, 2.45) is 0 Å². The van der Waals surface area contributed by atoms with E-state index in [4.69, 9.17) is 14.2 Å². The SMILES string of the molecule is CC/C=C\C/C=C\C/C=C\C/C=C\C/C=C\CCCC(=O)O[C@H](COC(=O)CCCCCCC/C=C\C/C=C\C/C=C\CC)COC(=O)CCCCCCCCCCCCCCCCCCCCCCC. The molecule has 6 nitrogen and oxygen atoms in total. The number of esters is 3. The quantitative estimate of drug-likeness (QED) is 0.0261. The average Bonchev–Trinajstić information content (AvgIpc) is 3.37. The Hall–Kier alpha value is -3.67. The number of carbonyl (C=O) groups excluding carboxylic acids is 3. The molecule has 0 aliphatic carbocycles. The van der Waals surface area contributed by atoms with Gasteiger partial charge in [-0.2, -0.15) is 0 Å². The molecule has 0 aliphatic heterocycles.